The van der Waals surface area contributed by atoms with Gasteiger partial charge in [0.25, 0.3) is 0 Å². The fourth-order valence-electron chi connectivity index (χ4n) is 3.47. The monoisotopic (exact) mass is 408 g/mol. The molecule has 0 aromatic rings. The van der Waals surface area contributed by atoms with Crippen LogP contribution in [-0.4, -0.2) is 44.2 Å². The number of nitrogens with zero attached hydrogens (tertiary/aromatic N) is 1. The lowest BCUT2D eigenvalue weighted by molar-refractivity contribution is -0.883. The summed E-state index contributed by atoms with van der Waals surface area (Å²) in [6.07, 6.45) is 19.7. The van der Waals surface area contributed by atoms with Crippen LogP contribution < -0.4 is 0 Å². The lowest BCUT2D eigenvalue weighted by atomic mass is 10.1. The van der Waals surface area contributed by atoms with Gasteiger partial charge in [0.1, 0.15) is 6.61 Å². The Morgan fingerprint density at radius 1 is 1.00 bits per heavy atom. The third-order valence-corrected chi connectivity index (χ3v) is 5.65. The van der Waals surface area contributed by atoms with Crippen molar-refractivity contribution < 1.29 is 14.0 Å². The van der Waals surface area contributed by atoms with Crippen molar-refractivity contribution in [3.8, 4) is 0 Å². The Bertz CT molecular complexity index is 454. The molecule has 1 unspecified atom stereocenters. The first-order chi connectivity index (χ1) is 13.8. The van der Waals surface area contributed by atoms with Gasteiger partial charge in [-0.2, -0.15) is 0 Å². The van der Waals surface area contributed by atoms with Crippen LogP contribution in [0.1, 0.15) is 97.8 Å². The van der Waals surface area contributed by atoms with Gasteiger partial charge < -0.3 is 9.22 Å². The summed E-state index contributed by atoms with van der Waals surface area (Å²) < 4.78 is 6.20. The average molecular weight is 409 g/mol. The summed E-state index contributed by atoms with van der Waals surface area (Å²) in [6, 6.07) is 0. The molecule has 0 aliphatic rings. The number of esters is 1. The first kappa shape index (κ1) is 27.9. The highest BCUT2D eigenvalue weighted by molar-refractivity contribution is 5.70. The maximum Gasteiger partial charge on any atom is 0.362 e. The standard InChI is InChI=1S/C26H50NO2/c1-7-9-10-11-12-13-14-15-16-17-21-27(5,6)22-26(28)29-23-25(4)20-18-19-24(3)8-2/h8,20,24H,2,7,9-19,21-23H2,1,3-6H3/q+1. The Balaban J connectivity index is 3.80. The van der Waals surface area contributed by atoms with Gasteiger partial charge in [0.05, 0.1) is 20.6 Å². The summed E-state index contributed by atoms with van der Waals surface area (Å²) in [5.74, 6) is 0.444. The Hall–Kier alpha value is -1.09. The third kappa shape index (κ3) is 18.7. The second-order valence-electron chi connectivity index (χ2n) is 9.50. The number of likely N-dealkylation sites (N-methyl/N-ethyl adjacent to an activating group) is 1. The summed E-state index contributed by atoms with van der Waals surface area (Å²) in [5, 5.41) is 0. The zero-order valence-corrected chi connectivity index (χ0v) is 20.3. The quantitative estimate of drug-likeness (QED) is 0.0988. The van der Waals surface area contributed by atoms with Crippen LogP contribution in [-0.2, 0) is 9.53 Å². The van der Waals surface area contributed by atoms with Crippen LogP contribution in [0.15, 0.2) is 24.3 Å². The molecule has 0 aliphatic carbocycles. The molecular weight excluding hydrogens is 358 g/mol. The Labute approximate surface area is 182 Å². The number of ether oxygens (including phenoxy) is 1. The topological polar surface area (TPSA) is 26.3 Å². The highest BCUT2D eigenvalue weighted by Crippen LogP contribution is 2.12. The zero-order chi connectivity index (χ0) is 22.0. The van der Waals surface area contributed by atoms with Crippen LogP contribution in [0, 0.1) is 5.92 Å². The first-order valence-electron chi connectivity index (χ1n) is 12.1. The van der Waals surface area contributed by atoms with Crippen molar-refractivity contribution in [2.45, 2.75) is 97.8 Å². The van der Waals surface area contributed by atoms with Gasteiger partial charge in [-0.05, 0) is 44.1 Å². The van der Waals surface area contributed by atoms with E-state index in [0.29, 0.717) is 19.1 Å². The number of carbonyl (C=O) groups excluding carboxylic acids is 1. The second kappa shape index (κ2) is 17.7. The van der Waals surface area contributed by atoms with E-state index in [9.17, 15) is 4.79 Å². The molecule has 0 bridgehead atoms. The van der Waals surface area contributed by atoms with Crippen molar-refractivity contribution in [3.63, 3.8) is 0 Å². The van der Waals surface area contributed by atoms with Crippen LogP contribution >= 0.6 is 0 Å². The largest absolute Gasteiger partial charge is 0.457 e. The van der Waals surface area contributed by atoms with Gasteiger partial charge in [-0.1, -0.05) is 77.4 Å². The molecule has 0 saturated heterocycles. The second-order valence-corrected chi connectivity index (χ2v) is 9.50. The lowest BCUT2D eigenvalue weighted by Crippen LogP contribution is -2.45. The van der Waals surface area contributed by atoms with Gasteiger partial charge in [0.2, 0.25) is 0 Å². The fourth-order valence-corrected chi connectivity index (χ4v) is 3.47. The molecule has 0 aliphatic heterocycles. The minimum absolute atomic E-state index is 0.0886. The molecular formula is C26H50NO2+. The maximum atomic E-state index is 12.2. The van der Waals surface area contributed by atoms with E-state index in [1.165, 1.54) is 64.2 Å². The van der Waals surface area contributed by atoms with Crippen LogP contribution in [0.25, 0.3) is 0 Å². The van der Waals surface area contributed by atoms with Crippen molar-refractivity contribution in [2.24, 2.45) is 5.92 Å². The predicted octanol–water partition coefficient (Wildman–Crippen LogP) is 7.08. The SMILES string of the molecule is C=CC(C)CCC=C(C)COC(=O)C[N+](C)(C)CCCCCCCCCCCC. The summed E-state index contributed by atoms with van der Waals surface area (Å²) >= 11 is 0. The summed E-state index contributed by atoms with van der Waals surface area (Å²) in [7, 11) is 4.27. The van der Waals surface area contributed by atoms with Crippen molar-refractivity contribution >= 4 is 5.97 Å². The molecule has 3 nitrogen and oxygen atoms in total. The molecule has 0 fully saturated rings. The first-order valence-corrected chi connectivity index (χ1v) is 12.1. The van der Waals surface area contributed by atoms with Gasteiger partial charge in [-0.25, -0.2) is 4.79 Å². The molecule has 0 amide bonds. The predicted molar refractivity (Wildman–Crippen MR) is 127 cm³/mol. The van der Waals surface area contributed by atoms with E-state index in [1.54, 1.807) is 0 Å². The normalized spacial score (nSPS) is 13.3. The van der Waals surface area contributed by atoms with Gasteiger partial charge in [-0.15, -0.1) is 6.58 Å². The number of allylic oxidation sites excluding steroid dienone is 2. The number of unbranched alkanes of at least 4 members (excludes halogenated alkanes) is 9. The molecule has 29 heavy (non-hydrogen) atoms. The minimum atomic E-state index is -0.0886. The third-order valence-electron chi connectivity index (χ3n) is 5.65. The number of quaternary nitrogens is 1. The Kier molecular flexibility index (Phi) is 17.1. The number of hydrogen-bond donors (Lipinski definition) is 0. The van der Waals surface area contributed by atoms with Crippen LogP contribution in [0.3, 0.4) is 0 Å². The maximum absolute atomic E-state index is 12.2. The van der Waals surface area contributed by atoms with Gasteiger partial charge in [0.15, 0.2) is 6.54 Å². The van der Waals surface area contributed by atoms with E-state index >= 15 is 0 Å². The van der Waals surface area contributed by atoms with Gasteiger partial charge >= 0.3 is 5.97 Å². The van der Waals surface area contributed by atoms with Gasteiger partial charge in [0, 0.05) is 0 Å². The number of carbonyl (C=O) groups is 1. The summed E-state index contributed by atoms with van der Waals surface area (Å²) in [4.78, 5) is 12.2. The summed E-state index contributed by atoms with van der Waals surface area (Å²) in [5.41, 5.74) is 1.13. The molecule has 0 spiro atoms. The Morgan fingerprint density at radius 3 is 2.10 bits per heavy atom. The van der Waals surface area contributed by atoms with E-state index < -0.39 is 0 Å². The van der Waals surface area contributed by atoms with E-state index in [2.05, 4.69) is 40.6 Å². The van der Waals surface area contributed by atoms with Crippen molar-refractivity contribution in [3.05, 3.63) is 24.3 Å². The minimum Gasteiger partial charge on any atom is -0.457 e. The van der Waals surface area contributed by atoms with E-state index in [-0.39, 0.29) is 5.97 Å². The molecule has 170 valence electrons. The molecule has 0 radical (unpaired) electrons. The molecule has 0 heterocycles. The highest BCUT2D eigenvalue weighted by Gasteiger charge is 2.20. The van der Waals surface area contributed by atoms with Crippen molar-refractivity contribution in [1.82, 2.24) is 0 Å². The van der Waals surface area contributed by atoms with Crippen LogP contribution in [0.5, 0.6) is 0 Å². The highest BCUT2D eigenvalue weighted by atomic mass is 16.5. The molecule has 0 rings (SSSR count). The number of hydrogen-bond acceptors (Lipinski definition) is 2. The zero-order valence-electron chi connectivity index (χ0n) is 20.3. The molecule has 0 aromatic carbocycles. The van der Waals surface area contributed by atoms with E-state index in [4.69, 9.17) is 4.74 Å². The van der Waals surface area contributed by atoms with Crippen LogP contribution in [0.4, 0.5) is 0 Å². The molecule has 0 N–H and O–H groups in total. The molecule has 3 heteroatoms. The molecule has 0 saturated carbocycles. The molecule has 1 atom stereocenters. The molecule has 0 aromatic heterocycles. The lowest BCUT2D eigenvalue weighted by Gasteiger charge is -2.28. The Morgan fingerprint density at radius 2 is 1.55 bits per heavy atom. The van der Waals surface area contributed by atoms with Crippen LogP contribution in [0.2, 0.25) is 0 Å². The van der Waals surface area contributed by atoms with E-state index in [0.717, 1.165) is 29.4 Å². The number of rotatable bonds is 19. The van der Waals surface area contributed by atoms with Crippen molar-refractivity contribution in [2.75, 3.05) is 33.8 Å². The van der Waals surface area contributed by atoms with Crippen molar-refractivity contribution in [1.29, 1.82) is 0 Å². The summed E-state index contributed by atoms with van der Waals surface area (Å²) in [6.45, 7) is 12.2. The van der Waals surface area contributed by atoms with Gasteiger partial charge in [-0.3, -0.25) is 0 Å². The fraction of sp³-hybridized carbons (Fsp3) is 0.808. The average Bonchev–Trinajstić information content (AvgIpc) is 2.67. The smallest absolute Gasteiger partial charge is 0.362 e. The van der Waals surface area contributed by atoms with E-state index in [1.807, 2.05) is 13.0 Å².